The Morgan fingerprint density at radius 2 is 2.18 bits per heavy atom. The van der Waals surface area contributed by atoms with E-state index in [1.54, 1.807) is 6.07 Å². The molecule has 1 aromatic carbocycles. The number of hydrogen-bond acceptors (Lipinski definition) is 3. The van der Waals surface area contributed by atoms with E-state index < -0.39 is 0 Å². The summed E-state index contributed by atoms with van der Waals surface area (Å²) in [6, 6.07) is 5.28. The molecule has 4 heteroatoms. The van der Waals surface area contributed by atoms with Crippen molar-refractivity contribution in [1.29, 1.82) is 0 Å². The molecule has 0 bridgehead atoms. The van der Waals surface area contributed by atoms with Gasteiger partial charge in [-0.1, -0.05) is 0 Å². The molecule has 1 aromatic rings. The second-order valence-corrected chi connectivity index (χ2v) is 4.80. The maximum atomic E-state index is 13.4. The van der Waals surface area contributed by atoms with Crippen molar-refractivity contribution in [1.82, 2.24) is 10.2 Å². The SMILES string of the molecule is CN(C)c1ccc(F)cc1C1CNCCN1C. The third-order valence-electron chi connectivity index (χ3n) is 3.34. The van der Waals surface area contributed by atoms with Gasteiger partial charge in [0.2, 0.25) is 0 Å². The lowest BCUT2D eigenvalue weighted by Crippen LogP contribution is -2.44. The Bertz CT molecular complexity index is 392. The monoisotopic (exact) mass is 237 g/mol. The summed E-state index contributed by atoms with van der Waals surface area (Å²) in [6.07, 6.45) is 0. The number of piperazine rings is 1. The molecule has 0 radical (unpaired) electrons. The van der Waals surface area contributed by atoms with Gasteiger partial charge in [-0.15, -0.1) is 0 Å². The van der Waals surface area contributed by atoms with Crippen molar-refractivity contribution in [3.63, 3.8) is 0 Å². The Hall–Kier alpha value is -1.13. The number of halogens is 1. The fourth-order valence-corrected chi connectivity index (χ4v) is 2.35. The lowest BCUT2D eigenvalue weighted by atomic mass is 10.0. The molecule has 1 saturated heterocycles. The smallest absolute Gasteiger partial charge is 0.123 e. The van der Waals surface area contributed by atoms with Gasteiger partial charge in [-0.2, -0.15) is 0 Å². The predicted octanol–water partition coefficient (Wildman–Crippen LogP) is 1.47. The fraction of sp³-hybridized carbons (Fsp3) is 0.538. The lowest BCUT2D eigenvalue weighted by Gasteiger charge is -2.35. The summed E-state index contributed by atoms with van der Waals surface area (Å²) in [6.45, 7) is 2.87. The van der Waals surface area contributed by atoms with Crippen LogP contribution in [0.2, 0.25) is 0 Å². The van der Waals surface area contributed by atoms with E-state index in [-0.39, 0.29) is 11.9 Å². The van der Waals surface area contributed by atoms with E-state index in [2.05, 4.69) is 17.3 Å². The summed E-state index contributed by atoms with van der Waals surface area (Å²) >= 11 is 0. The third-order valence-corrected chi connectivity index (χ3v) is 3.34. The minimum Gasteiger partial charge on any atom is -0.377 e. The molecule has 1 heterocycles. The Labute approximate surface area is 102 Å². The Kier molecular flexibility index (Phi) is 3.64. The number of hydrogen-bond donors (Lipinski definition) is 1. The van der Waals surface area contributed by atoms with E-state index in [0.29, 0.717) is 0 Å². The molecular weight excluding hydrogens is 217 g/mol. The van der Waals surface area contributed by atoms with Gasteiger partial charge in [-0.3, -0.25) is 4.90 Å². The molecular formula is C13H20FN3. The van der Waals surface area contributed by atoms with Crippen LogP contribution in [0.1, 0.15) is 11.6 Å². The van der Waals surface area contributed by atoms with Crippen molar-refractivity contribution in [3.05, 3.63) is 29.6 Å². The Morgan fingerprint density at radius 1 is 1.41 bits per heavy atom. The third kappa shape index (κ3) is 2.58. The zero-order chi connectivity index (χ0) is 12.4. The first-order valence-corrected chi connectivity index (χ1v) is 5.97. The van der Waals surface area contributed by atoms with E-state index in [1.807, 2.05) is 25.1 Å². The van der Waals surface area contributed by atoms with Crippen molar-refractivity contribution in [3.8, 4) is 0 Å². The summed E-state index contributed by atoms with van der Waals surface area (Å²) in [5.41, 5.74) is 2.15. The average molecular weight is 237 g/mol. The van der Waals surface area contributed by atoms with Crippen molar-refractivity contribution in [2.45, 2.75) is 6.04 Å². The molecule has 1 unspecified atom stereocenters. The highest BCUT2D eigenvalue weighted by atomic mass is 19.1. The van der Waals surface area contributed by atoms with E-state index >= 15 is 0 Å². The van der Waals surface area contributed by atoms with Gasteiger partial charge in [0.05, 0.1) is 0 Å². The van der Waals surface area contributed by atoms with Gasteiger partial charge < -0.3 is 10.2 Å². The van der Waals surface area contributed by atoms with Crippen molar-refractivity contribution >= 4 is 5.69 Å². The van der Waals surface area contributed by atoms with E-state index in [0.717, 1.165) is 30.9 Å². The Morgan fingerprint density at radius 3 is 2.82 bits per heavy atom. The first-order chi connectivity index (χ1) is 8.09. The molecule has 1 fully saturated rings. The second kappa shape index (κ2) is 5.02. The molecule has 0 amide bonds. The van der Waals surface area contributed by atoms with Crippen LogP contribution in [-0.2, 0) is 0 Å². The molecule has 0 aliphatic carbocycles. The van der Waals surface area contributed by atoms with Gasteiger partial charge in [-0.05, 0) is 30.8 Å². The first-order valence-electron chi connectivity index (χ1n) is 5.97. The van der Waals surface area contributed by atoms with E-state index in [1.165, 1.54) is 6.07 Å². The number of nitrogens with one attached hydrogen (secondary N) is 1. The standard InChI is InChI=1S/C13H20FN3/c1-16(2)12-5-4-10(14)8-11(12)13-9-15-6-7-17(13)3/h4-5,8,13,15H,6-7,9H2,1-3H3. The maximum absolute atomic E-state index is 13.4. The summed E-state index contributed by atoms with van der Waals surface area (Å²) in [5, 5.41) is 3.37. The Balaban J connectivity index is 2.37. The molecule has 1 aliphatic heterocycles. The van der Waals surface area contributed by atoms with Crippen LogP contribution in [0.5, 0.6) is 0 Å². The molecule has 1 N–H and O–H groups in total. The molecule has 1 atom stereocenters. The van der Waals surface area contributed by atoms with Crippen molar-refractivity contribution in [2.24, 2.45) is 0 Å². The lowest BCUT2D eigenvalue weighted by molar-refractivity contribution is 0.202. The average Bonchev–Trinajstić information content (AvgIpc) is 2.29. The van der Waals surface area contributed by atoms with Crippen LogP contribution in [0.4, 0.5) is 10.1 Å². The zero-order valence-electron chi connectivity index (χ0n) is 10.7. The summed E-state index contributed by atoms with van der Waals surface area (Å²) in [4.78, 5) is 4.31. The summed E-state index contributed by atoms with van der Waals surface area (Å²) in [7, 11) is 6.08. The van der Waals surface area contributed by atoms with Gasteiger partial charge in [0, 0.05) is 45.5 Å². The van der Waals surface area contributed by atoms with Crippen LogP contribution in [-0.4, -0.2) is 45.7 Å². The topological polar surface area (TPSA) is 18.5 Å². The first kappa shape index (κ1) is 12.3. The quantitative estimate of drug-likeness (QED) is 0.840. The largest absolute Gasteiger partial charge is 0.377 e. The molecule has 0 aromatic heterocycles. The van der Waals surface area contributed by atoms with Crippen LogP contribution < -0.4 is 10.2 Å². The molecule has 1 aliphatic rings. The van der Waals surface area contributed by atoms with Crippen LogP contribution in [0, 0.1) is 5.82 Å². The molecule has 0 saturated carbocycles. The van der Waals surface area contributed by atoms with E-state index in [4.69, 9.17) is 0 Å². The molecule has 3 nitrogen and oxygen atoms in total. The van der Waals surface area contributed by atoms with E-state index in [9.17, 15) is 4.39 Å². The second-order valence-electron chi connectivity index (χ2n) is 4.80. The fourth-order valence-electron chi connectivity index (χ4n) is 2.35. The van der Waals surface area contributed by atoms with Crippen molar-refractivity contribution < 1.29 is 4.39 Å². The minimum absolute atomic E-state index is 0.162. The highest BCUT2D eigenvalue weighted by Crippen LogP contribution is 2.30. The number of nitrogens with zero attached hydrogens (tertiary/aromatic N) is 2. The molecule has 0 spiro atoms. The van der Waals surface area contributed by atoms with Crippen LogP contribution >= 0.6 is 0 Å². The summed E-state index contributed by atoms with van der Waals surface area (Å²) < 4.78 is 13.4. The predicted molar refractivity (Wildman–Crippen MR) is 69.0 cm³/mol. The zero-order valence-corrected chi connectivity index (χ0v) is 10.7. The van der Waals surface area contributed by atoms with Gasteiger partial charge in [-0.25, -0.2) is 4.39 Å². The highest BCUT2D eigenvalue weighted by Gasteiger charge is 2.23. The number of rotatable bonds is 2. The van der Waals surface area contributed by atoms with Gasteiger partial charge in [0.1, 0.15) is 5.82 Å². The molecule has 17 heavy (non-hydrogen) atoms. The molecule has 2 rings (SSSR count). The highest BCUT2D eigenvalue weighted by molar-refractivity contribution is 5.54. The van der Waals surface area contributed by atoms with Crippen LogP contribution in [0.15, 0.2) is 18.2 Å². The number of likely N-dealkylation sites (N-methyl/N-ethyl adjacent to an activating group) is 1. The van der Waals surface area contributed by atoms with Gasteiger partial charge >= 0.3 is 0 Å². The van der Waals surface area contributed by atoms with Gasteiger partial charge in [0.15, 0.2) is 0 Å². The summed E-state index contributed by atoms with van der Waals surface area (Å²) in [5.74, 6) is -0.162. The van der Waals surface area contributed by atoms with Crippen LogP contribution in [0.3, 0.4) is 0 Å². The molecule has 94 valence electrons. The maximum Gasteiger partial charge on any atom is 0.123 e. The van der Waals surface area contributed by atoms with Gasteiger partial charge in [0.25, 0.3) is 0 Å². The van der Waals surface area contributed by atoms with Crippen molar-refractivity contribution in [2.75, 3.05) is 45.7 Å². The number of benzene rings is 1. The normalized spacial score (nSPS) is 21.5. The minimum atomic E-state index is -0.162. The van der Waals surface area contributed by atoms with Crippen LogP contribution in [0.25, 0.3) is 0 Å². The number of anilines is 1.